The summed E-state index contributed by atoms with van der Waals surface area (Å²) in [5, 5.41) is 0. The molecule has 0 atom stereocenters. The van der Waals surface area contributed by atoms with Crippen LogP contribution in [0.5, 0.6) is 0 Å². The molecule has 1 aromatic heterocycles. The molecule has 0 saturated carbocycles. The Morgan fingerprint density at radius 2 is 0.875 bits per heavy atom. The Balaban J connectivity index is 1.60. The number of unbranched alkanes of at least 4 members (excludes halogenated alkanes) is 23. The zero-order valence-corrected chi connectivity index (χ0v) is 27.0. The lowest BCUT2D eigenvalue weighted by Crippen LogP contribution is -2.34. The lowest BCUT2D eigenvalue weighted by molar-refractivity contribution is -0.686. The Kier molecular flexibility index (Phi) is 21.8. The summed E-state index contributed by atoms with van der Waals surface area (Å²) in [4.78, 5) is 0. The highest BCUT2D eigenvalue weighted by Crippen LogP contribution is 2.18. The maximum absolute atomic E-state index is 2.52. The van der Waals surface area contributed by atoms with Gasteiger partial charge in [-0.2, -0.15) is 0 Å². The third kappa shape index (κ3) is 16.6. The van der Waals surface area contributed by atoms with E-state index in [9.17, 15) is 0 Å². The molecule has 0 spiro atoms. The number of aromatic nitrogens is 2. The summed E-state index contributed by atoms with van der Waals surface area (Å²) < 4.78 is 5.04. The number of nitrogens with zero attached hydrogens (tertiary/aromatic N) is 2. The van der Waals surface area contributed by atoms with Gasteiger partial charge in [0, 0.05) is 0 Å². The highest BCUT2D eigenvalue weighted by molar-refractivity contribution is 5.52. The van der Waals surface area contributed by atoms with Gasteiger partial charge in [-0.25, -0.2) is 9.13 Å². The summed E-state index contributed by atoms with van der Waals surface area (Å²) in [5.74, 6) is 1.41. The molecule has 0 aliphatic carbocycles. The van der Waals surface area contributed by atoms with E-state index in [2.05, 4.69) is 65.7 Å². The molecule has 2 rings (SSSR count). The summed E-state index contributed by atoms with van der Waals surface area (Å²) >= 11 is 0. The number of aryl methyl sites for hydroxylation is 2. The Labute approximate surface area is 250 Å². The number of hydrogen-bond donors (Lipinski definition) is 0. The van der Waals surface area contributed by atoms with Crippen LogP contribution in [0.25, 0.3) is 11.4 Å². The molecular formula is C38H67N2+. The number of benzene rings is 1. The predicted molar refractivity (Wildman–Crippen MR) is 177 cm³/mol. The normalized spacial score (nSPS) is 11.4. The fourth-order valence-electron chi connectivity index (χ4n) is 6.17. The van der Waals surface area contributed by atoms with Crippen molar-refractivity contribution in [3.05, 3.63) is 42.7 Å². The number of rotatable bonds is 28. The molecule has 40 heavy (non-hydrogen) atoms. The van der Waals surface area contributed by atoms with Crippen LogP contribution in [-0.4, -0.2) is 4.57 Å². The average Bonchev–Trinajstić information content (AvgIpc) is 3.39. The fraction of sp³-hybridized carbons (Fsp3) is 0.763. The summed E-state index contributed by atoms with van der Waals surface area (Å²) in [6.07, 6.45) is 40.0. The topological polar surface area (TPSA) is 8.81 Å². The van der Waals surface area contributed by atoms with E-state index >= 15 is 0 Å². The van der Waals surface area contributed by atoms with Gasteiger partial charge in [0.2, 0.25) is 0 Å². The van der Waals surface area contributed by atoms with E-state index in [0.29, 0.717) is 0 Å². The van der Waals surface area contributed by atoms with Crippen molar-refractivity contribution in [2.24, 2.45) is 0 Å². The SMILES string of the molecule is CCCCCCCCCCCCCCCn1cc[n+](CCCCCCCCCCCCCC)c1-c1ccccc1. The molecule has 0 radical (unpaired) electrons. The van der Waals surface area contributed by atoms with Crippen molar-refractivity contribution >= 4 is 0 Å². The molecule has 1 heterocycles. The summed E-state index contributed by atoms with van der Waals surface area (Å²) in [6.45, 7) is 6.90. The maximum atomic E-state index is 2.52. The largest absolute Gasteiger partial charge is 0.288 e. The van der Waals surface area contributed by atoms with Crippen LogP contribution in [0.2, 0.25) is 0 Å². The molecule has 0 unspecified atom stereocenters. The van der Waals surface area contributed by atoms with Gasteiger partial charge in [0.1, 0.15) is 12.4 Å². The highest BCUT2D eigenvalue weighted by Gasteiger charge is 2.18. The van der Waals surface area contributed by atoms with Crippen molar-refractivity contribution in [1.29, 1.82) is 0 Å². The van der Waals surface area contributed by atoms with Crippen LogP contribution < -0.4 is 4.57 Å². The smallest absolute Gasteiger partial charge is 0.230 e. The van der Waals surface area contributed by atoms with E-state index < -0.39 is 0 Å². The first-order chi connectivity index (χ1) is 19.9. The van der Waals surface area contributed by atoms with Crippen LogP contribution in [0.4, 0.5) is 0 Å². The lowest BCUT2D eigenvalue weighted by atomic mass is 10.0. The van der Waals surface area contributed by atoms with Crippen LogP contribution >= 0.6 is 0 Å². The Morgan fingerprint density at radius 3 is 1.32 bits per heavy atom. The molecule has 0 bridgehead atoms. The summed E-state index contributed by atoms with van der Waals surface area (Å²) in [5.41, 5.74) is 1.36. The quantitative estimate of drug-likeness (QED) is 0.0734. The first-order valence-corrected chi connectivity index (χ1v) is 18.0. The van der Waals surface area contributed by atoms with Gasteiger partial charge < -0.3 is 0 Å². The Bertz CT molecular complexity index is 793. The molecule has 0 amide bonds. The fourth-order valence-corrected chi connectivity index (χ4v) is 6.17. The second kappa shape index (κ2) is 25.2. The average molecular weight is 552 g/mol. The van der Waals surface area contributed by atoms with Gasteiger partial charge in [0.15, 0.2) is 0 Å². The molecule has 2 nitrogen and oxygen atoms in total. The third-order valence-electron chi connectivity index (χ3n) is 8.76. The number of hydrogen-bond acceptors (Lipinski definition) is 0. The zero-order valence-electron chi connectivity index (χ0n) is 27.0. The van der Waals surface area contributed by atoms with Crippen molar-refractivity contribution in [2.45, 2.75) is 187 Å². The Hall–Kier alpha value is -1.57. The molecule has 1 aromatic carbocycles. The third-order valence-corrected chi connectivity index (χ3v) is 8.76. The van der Waals surface area contributed by atoms with Crippen LogP contribution in [0.15, 0.2) is 42.7 Å². The van der Waals surface area contributed by atoms with Gasteiger partial charge in [-0.15, -0.1) is 0 Å². The second-order valence-electron chi connectivity index (χ2n) is 12.5. The molecule has 0 aliphatic heterocycles. The van der Waals surface area contributed by atoms with E-state index in [1.807, 2.05) is 0 Å². The van der Waals surface area contributed by atoms with Gasteiger partial charge in [-0.3, -0.25) is 0 Å². The standard InChI is InChI=1S/C38H67N2/c1-3-5-7-9-11-13-15-17-19-21-23-25-30-34-40-36-35-39(38(40)37-31-27-26-28-32-37)33-29-24-22-20-18-16-14-12-10-8-6-4-2/h26-28,31-32,35-36H,3-25,29-30,33-34H2,1-2H3/q+1. The van der Waals surface area contributed by atoms with Crippen molar-refractivity contribution in [3.8, 4) is 11.4 Å². The van der Waals surface area contributed by atoms with E-state index in [-0.39, 0.29) is 0 Å². The molecule has 2 heteroatoms. The summed E-state index contributed by atoms with van der Waals surface area (Å²) in [7, 11) is 0. The predicted octanol–water partition coefficient (Wildman–Crippen LogP) is 12.2. The van der Waals surface area contributed by atoms with Crippen molar-refractivity contribution < 1.29 is 4.57 Å². The Morgan fingerprint density at radius 1 is 0.475 bits per heavy atom. The minimum atomic E-state index is 1.15. The van der Waals surface area contributed by atoms with Gasteiger partial charge >= 0.3 is 0 Å². The molecular weight excluding hydrogens is 484 g/mol. The first kappa shape index (κ1) is 34.6. The van der Waals surface area contributed by atoms with Crippen molar-refractivity contribution in [1.82, 2.24) is 4.57 Å². The molecule has 0 N–H and O–H groups in total. The second-order valence-corrected chi connectivity index (χ2v) is 12.5. The van der Waals surface area contributed by atoms with E-state index in [1.165, 1.54) is 172 Å². The van der Waals surface area contributed by atoms with Crippen LogP contribution in [0.3, 0.4) is 0 Å². The monoisotopic (exact) mass is 552 g/mol. The molecule has 0 saturated heterocycles. The van der Waals surface area contributed by atoms with Crippen molar-refractivity contribution in [2.75, 3.05) is 0 Å². The molecule has 0 fully saturated rings. The van der Waals surface area contributed by atoms with Gasteiger partial charge in [0.05, 0.1) is 18.7 Å². The molecule has 228 valence electrons. The van der Waals surface area contributed by atoms with E-state index in [4.69, 9.17) is 0 Å². The molecule has 2 aromatic rings. The minimum absolute atomic E-state index is 1.15. The van der Waals surface area contributed by atoms with Crippen LogP contribution in [0, 0.1) is 0 Å². The van der Waals surface area contributed by atoms with Gasteiger partial charge in [-0.05, 0) is 37.8 Å². The number of imidazole rings is 1. The van der Waals surface area contributed by atoms with Gasteiger partial charge in [0.25, 0.3) is 5.82 Å². The van der Waals surface area contributed by atoms with Crippen LogP contribution in [0.1, 0.15) is 174 Å². The van der Waals surface area contributed by atoms with Crippen molar-refractivity contribution in [3.63, 3.8) is 0 Å². The van der Waals surface area contributed by atoms with Gasteiger partial charge in [-0.1, -0.05) is 167 Å². The highest BCUT2D eigenvalue weighted by atomic mass is 15.1. The summed E-state index contributed by atoms with van der Waals surface area (Å²) in [6, 6.07) is 11.1. The van der Waals surface area contributed by atoms with E-state index in [1.54, 1.807) is 0 Å². The minimum Gasteiger partial charge on any atom is -0.230 e. The van der Waals surface area contributed by atoms with E-state index in [0.717, 1.165) is 13.1 Å². The molecule has 0 aliphatic rings. The lowest BCUT2D eigenvalue weighted by Gasteiger charge is -2.07. The zero-order chi connectivity index (χ0) is 28.4. The van der Waals surface area contributed by atoms with Crippen LogP contribution in [-0.2, 0) is 13.1 Å². The maximum Gasteiger partial charge on any atom is 0.288 e. The first-order valence-electron chi connectivity index (χ1n) is 18.0.